The minimum absolute atomic E-state index is 0.0313. The number of hydrogen-bond acceptors (Lipinski definition) is 6. The molecule has 4 aromatic rings. The number of hydrogen-bond donors (Lipinski definition) is 0. The first-order chi connectivity index (χ1) is 11.6. The second-order valence-corrected chi connectivity index (χ2v) is 5.23. The molecule has 4 rings (SSSR count). The smallest absolute Gasteiger partial charge is 0.269 e. The van der Waals surface area contributed by atoms with Crippen molar-refractivity contribution in [2.24, 2.45) is 0 Å². The van der Waals surface area contributed by atoms with Gasteiger partial charge in [0.25, 0.3) is 17.0 Å². The molecule has 3 aromatic heterocycles. The lowest BCUT2D eigenvalue weighted by Crippen LogP contribution is -2.21. The molecular weight excluding hydrogens is 312 g/mol. The standard InChI is InChI=1S/C15H10N6O3/c1-9-6-13-12(7-16-15-17-8-18-20(13)15)14(22)19(9)10-2-4-11(5-3-10)21(23)24/h2-8H,1H3. The van der Waals surface area contributed by atoms with Crippen LogP contribution in [0.1, 0.15) is 5.69 Å². The molecule has 0 bridgehead atoms. The van der Waals surface area contributed by atoms with Crippen LogP contribution in [0.2, 0.25) is 0 Å². The molecule has 0 radical (unpaired) electrons. The Balaban J connectivity index is 2.00. The summed E-state index contributed by atoms with van der Waals surface area (Å²) in [7, 11) is 0. The Hall–Kier alpha value is -3.62. The van der Waals surface area contributed by atoms with Crippen LogP contribution in [-0.2, 0) is 0 Å². The molecule has 0 saturated heterocycles. The zero-order chi connectivity index (χ0) is 16.8. The summed E-state index contributed by atoms with van der Waals surface area (Å²) in [5, 5.41) is 15.2. The second-order valence-electron chi connectivity index (χ2n) is 5.23. The van der Waals surface area contributed by atoms with Crippen molar-refractivity contribution in [3.63, 3.8) is 0 Å². The summed E-state index contributed by atoms with van der Waals surface area (Å²) in [6, 6.07) is 7.62. The lowest BCUT2D eigenvalue weighted by Gasteiger charge is -2.11. The highest BCUT2D eigenvalue weighted by Crippen LogP contribution is 2.18. The monoisotopic (exact) mass is 322 g/mol. The van der Waals surface area contributed by atoms with Crippen LogP contribution in [-0.4, -0.2) is 29.1 Å². The summed E-state index contributed by atoms with van der Waals surface area (Å²) < 4.78 is 2.99. The lowest BCUT2D eigenvalue weighted by molar-refractivity contribution is -0.384. The molecule has 0 aliphatic heterocycles. The number of non-ortho nitro benzene ring substituents is 1. The molecule has 0 aliphatic carbocycles. The fourth-order valence-corrected chi connectivity index (χ4v) is 2.69. The number of benzene rings is 1. The maximum atomic E-state index is 12.9. The molecule has 0 atom stereocenters. The van der Waals surface area contributed by atoms with Gasteiger partial charge in [0.15, 0.2) is 0 Å². The molecule has 3 heterocycles. The molecule has 118 valence electrons. The van der Waals surface area contributed by atoms with Crippen LogP contribution in [0.5, 0.6) is 0 Å². The Labute approximate surface area is 134 Å². The van der Waals surface area contributed by atoms with Crippen molar-refractivity contribution in [2.75, 3.05) is 0 Å². The molecule has 0 N–H and O–H groups in total. The topological polar surface area (TPSA) is 108 Å². The molecule has 0 spiro atoms. The van der Waals surface area contributed by atoms with Gasteiger partial charge in [-0.2, -0.15) is 14.6 Å². The van der Waals surface area contributed by atoms with E-state index in [0.717, 1.165) is 0 Å². The van der Waals surface area contributed by atoms with Gasteiger partial charge >= 0.3 is 0 Å². The summed E-state index contributed by atoms with van der Waals surface area (Å²) >= 11 is 0. The van der Waals surface area contributed by atoms with E-state index in [4.69, 9.17) is 0 Å². The Morgan fingerprint density at radius 3 is 2.62 bits per heavy atom. The number of pyridine rings is 1. The van der Waals surface area contributed by atoms with Crippen LogP contribution >= 0.6 is 0 Å². The first-order valence-electron chi connectivity index (χ1n) is 7.02. The van der Waals surface area contributed by atoms with Crippen LogP contribution in [0.4, 0.5) is 5.69 Å². The van der Waals surface area contributed by atoms with E-state index >= 15 is 0 Å². The third-order valence-electron chi connectivity index (χ3n) is 3.79. The molecular formula is C15H10N6O3. The maximum absolute atomic E-state index is 12.9. The maximum Gasteiger partial charge on any atom is 0.269 e. The number of aromatic nitrogens is 5. The van der Waals surface area contributed by atoms with E-state index in [1.54, 1.807) is 19.1 Å². The van der Waals surface area contributed by atoms with E-state index in [9.17, 15) is 14.9 Å². The summed E-state index contributed by atoms with van der Waals surface area (Å²) in [5.41, 5.74) is 1.52. The number of nitro benzene ring substituents is 1. The molecule has 24 heavy (non-hydrogen) atoms. The number of rotatable bonds is 2. The number of fused-ring (bicyclic) bond motifs is 3. The fourth-order valence-electron chi connectivity index (χ4n) is 2.69. The van der Waals surface area contributed by atoms with Crippen molar-refractivity contribution in [2.45, 2.75) is 6.92 Å². The molecule has 1 aromatic carbocycles. The van der Waals surface area contributed by atoms with Gasteiger partial charge in [0.05, 0.1) is 15.8 Å². The van der Waals surface area contributed by atoms with Gasteiger partial charge < -0.3 is 0 Å². The quantitative estimate of drug-likeness (QED) is 0.410. The second kappa shape index (κ2) is 4.95. The lowest BCUT2D eigenvalue weighted by atomic mass is 10.2. The van der Waals surface area contributed by atoms with E-state index < -0.39 is 4.92 Å². The minimum atomic E-state index is -0.481. The third kappa shape index (κ3) is 1.95. The van der Waals surface area contributed by atoms with E-state index in [1.807, 2.05) is 6.07 Å². The van der Waals surface area contributed by atoms with Crippen LogP contribution in [0.25, 0.3) is 22.4 Å². The van der Waals surface area contributed by atoms with Crippen LogP contribution in [0.3, 0.4) is 0 Å². The van der Waals surface area contributed by atoms with Gasteiger partial charge in [-0.3, -0.25) is 19.5 Å². The minimum Gasteiger partial charge on any atom is -0.281 e. The van der Waals surface area contributed by atoms with Gasteiger partial charge in [-0.15, -0.1) is 0 Å². The predicted octanol–water partition coefficient (Wildman–Crippen LogP) is 1.65. The summed E-state index contributed by atoms with van der Waals surface area (Å²) in [6.45, 7) is 1.78. The number of nitrogens with zero attached hydrogens (tertiary/aromatic N) is 6. The largest absolute Gasteiger partial charge is 0.281 e. The van der Waals surface area contributed by atoms with Gasteiger partial charge in [-0.05, 0) is 25.1 Å². The average molecular weight is 322 g/mol. The molecule has 0 unspecified atom stereocenters. The number of nitro groups is 1. The van der Waals surface area contributed by atoms with Gasteiger partial charge in [-0.1, -0.05) is 0 Å². The van der Waals surface area contributed by atoms with E-state index in [2.05, 4.69) is 15.1 Å². The summed E-state index contributed by atoms with van der Waals surface area (Å²) in [5.74, 6) is 0.411. The fraction of sp³-hybridized carbons (Fsp3) is 0.0667. The number of aryl methyl sites for hydroxylation is 1. The SMILES string of the molecule is Cc1cc2c(cnc3ncnn32)c(=O)n1-c1ccc([N+](=O)[O-])cc1. The van der Waals surface area contributed by atoms with Crippen molar-refractivity contribution >= 4 is 22.4 Å². The van der Waals surface area contributed by atoms with Crippen molar-refractivity contribution in [3.8, 4) is 5.69 Å². The Bertz CT molecular complexity index is 1160. The van der Waals surface area contributed by atoms with Crippen LogP contribution in [0.15, 0.2) is 47.7 Å². The molecule has 0 fully saturated rings. The molecule has 0 aliphatic rings. The van der Waals surface area contributed by atoms with Crippen molar-refractivity contribution in [3.05, 3.63) is 69.0 Å². The highest BCUT2D eigenvalue weighted by atomic mass is 16.6. The third-order valence-corrected chi connectivity index (χ3v) is 3.79. The zero-order valence-corrected chi connectivity index (χ0v) is 12.4. The van der Waals surface area contributed by atoms with Gasteiger partial charge in [0, 0.05) is 29.7 Å². The Morgan fingerprint density at radius 2 is 1.92 bits per heavy atom. The molecule has 0 amide bonds. The summed E-state index contributed by atoms with van der Waals surface area (Å²) in [4.78, 5) is 31.3. The van der Waals surface area contributed by atoms with Crippen molar-refractivity contribution in [1.82, 2.24) is 24.1 Å². The van der Waals surface area contributed by atoms with E-state index in [0.29, 0.717) is 28.1 Å². The first-order valence-corrected chi connectivity index (χ1v) is 7.02. The van der Waals surface area contributed by atoms with Gasteiger partial charge in [-0.25, -0.2) is 4.98 Å². The Kier molecular flexibility index (Phi) is 2.89. The first kappa shape index (κ1) is 14.0. The normalized spacial score (nSPS) is 11.2. The van der Waals surface area contributed by atoms with Crippen molar-refractivity contribution in [1.29, 1.82) is 0 Å². The highest BCUT2D eigenvalue weighted by Gasteiger charge is 2.13. The predicted molar refractivity (Wildman–Crippen MR) is 85.3 cm³/mol. The molecule has 9 nitrogen and oxygen atoms in total. The Morgan fingerprint density at radius 1 is 1.17 bits per heavy atom. The highest BCUT2D eigenvalue weighted by molar-refractivity contribution is 5.79. The van der Waals surface area contributed by atoms with Crippen molar-refractivity contribution < 1.29 is 4.92 Å². The summed E-state index contributed by atoms with van der Waals surface area (Å²) in [6.07, 6.45) is 2.84. The van der Waals surface area contributed by atoms with Gasteiger partial charge in [0.1, 0.15) is 6.33 Å². The van der Waals surface area contributed by atoms with Gasteiger partial charge in [0.2, 0.25) is 0 Å². The zero-order valence-electron chi connectivity index (χ0n) is 12.4. The molecule has 9 heteroatoms. The average Bonchev–Trinajstić information content (AvgIpc) is 3.04. The van der Waals surface area contributed by atoms with Crippen LogP contribution in [0, 0.1) is 17.0 Å². The van der Waals surface area contributed by atoms with Crippen LogP contribution < -0.4 is 5.56 Å². The molecule has 0 saturated carbocycles. The van der Waals surface area contributed by atoms with E-state index in [-0.39, 0.29) is 11.2 Å². The van der Waals surface area contributed by atoms with E-state index in [1.165, 1.54) is 33.7 Å².